The molecule has 5 heteroatoms. The van der Waals surface area contributed by atoms with E-state index in [0.717, 1.165) is 0 Å². The summed E-state index contributed by atoms with van der Waals surface area (Å²) in [6, 6.07) is 8.78. The molecule has 0 radical (unpaired) electrons. The van der Waals surface area contributed by atoms with Crippen LogP contribution in [0.1, 0.15) is 31.1 Å². The molecule has 18 heavy (non-hydrogen) atoms. The van der Waals surface area contributed by atoms with Crippen molar-refractivity contribution >= 4 is 23.4 Å². The Balaban J connectivity index is 2.97. The average Bonchev–Trinajstić information content (AvgIpc) is 2.34. The van der Waals surface area contributed by atoms with Crippen molar-refractivity contribution in [3.8, 4) is 0 Å². The van der Waals surface area contributed by atoms with Crippen LogP contribution in [0.3, 0.4) is 0 Å². The van der Waals surface area contributed by atoms with E-state index in [4.69, 9.17) is 11.6 Å². The molecule has 1 aromatic carbocycles. The molecule has 0 heterocycles. The lowest BCUT2D eigenvalue weighted by molar-refractivity contribution is -0.124. The Kier molecular flexibility index (Phi) is 4.73. The first-order valence-corrected chi connectivity index (χ1v) is 6.15. The lowest BCUT2D eigenvalue weighted by Crippen LogP contribution is -2.56. The van der Waals surface area contributed by atoms with Crippen LogP contribution in [0.5, 0.6) is 0 Å². The van der Waals surface area contributed by atoms with Gasteiger partial charge in [-0.2, -0.15) is 0 Å². The Morgan fingerprint density at radius 3 is 2.22 bits per heavy atom. The van der Waals surface area contributed by atoms with Gasteiger partial charge in [0, 0.05) is 5.56 Å². The number of halogens is 1. The van der Waals surface area contributed by atoms with E-state index in [-0.39, 0.29) is 11.8 Å². The fourth-order valence-electron chi connectivity index (χ4n) is 1.39. The molecule has 1 aromatic rings. The van der Waals surface area contributed by atoms with E-state index < -0.39 is 11.4 Å². The molecule has 0 aliphatic heterocycles. The minimum Gasteiger partial charge on any atom is -0.272 e. The molecular weight excluding hydrogens is 252 g/mol. The van der Waals surface area contributed by atoms with Gasteiger partial charge < -0.3 is 0 Å². The maximum absolute atomic E-state index is 12.3. The predicted octanol–water partition coefficient (Wildman–Crippen LogP) is 2.20. The molecule has 4 nitrogen and oxygen atoms in total. The lowest BCUT2D eigenvalue weighted by atomic mass is 10.1. The van der Waals surface area contributed by atoms with Gasteiger partial charge in [-0.05, 0) is 32.9 Å². The van der Waals surface area contributed by atoms with Gasteiger partial charge >= 0.3 is 0 Å². The van der Waals surface area contributed by atoms with Gasteiger partial charge in [0.15, 0.2) is 0 Å². The summed E-state index contributed by atoms with van der Waals surface area (Å²) in [6.45, 7) is 5.51. The topological polar surface area (TPSA) is 49.4 Å². The number of hydrogen-bond donors (Lipinski definition) is 1. The van der Waals surface area contributed by atoms with Crippen molar-refractivity contribution in [3.63, 3.8) is 0 Å². The fourth-order valence-corrected chi connectivity index (χ4v) is 1.45. The van der Waals surface area contributed by atoms with Gasteiger partial charge in [0.05, 0.1) is 5.54 Å². The number of nitrogens with one attached hydrogen (secondary N) is 1. The van der Waals surface area contributed by atoms with Gasteiger partial charge in [-0.1, -0.05) is 18.2 Å². The van der Waals surface area contributed by atoms with Crippen LogP contribution in [0.4, 0.5) is 0 Å². The number of carbonyl (C=O) groups is 2. The third-order valence-electron chi connectivity index (χ3n) is 2.25. The summed E-state index contributed by atoms with van der Waals surface area (Å²) in [5.74, 6) is -0.855. The Bertz CT molecular complexity index is 426. The van der Waals surface area contributed by atoms with Gasteiger partial charge in [0.2, 0.25) is 0 Å². The Morgan fingerprint density at radius 2 is 1.78 bits per heavy atom. The first kappa shape index (κ1) is 14.5. The molecule has 0 bridgehead atoms. The number of carbonyl (C=O) groups excluding carboxylic acids is 2. The molecule has 0 atom stereocenters. The Labute approximate surface area is 112 Å². The smallest absolute Gasteiger partial charge is 0.272 e. The maximum atomic E-state index is 12.3. The summed E-state index contributed by atoms with van der Waals surface area (Å²) >= 11 is 5.45. The van der Waals surface area contributed by atoms with Crippen molar-refractivity contribution in [3.05, 3.63) is 35.9 Å². The summed E-state index contributed by atoms with van der Waals surface area (Å²) in [5, 5.41) is 1.30. The van der Waals surface area contributed by atoms with Crippen LogP contribution >= 0.6 is 11.6 Å². The standard InChI is InChI=1S/C13H17ClN2O2/c1-13(2,3)16(15-11(17)9-14)12(18)10-7-5-4-6-8-10/h4-8H,9H2,1-3H3,(H,15,17). The number of amides is 2. The first-order chi connectivity index (χ1) is 8.36. The Hall–Kier alpha value is -1.55. The molecule has 2 amide bonds. The molecular formula is C13H17ClN2O2. The zero-order valence-corrected chi connectivity index (χ0v) is 11.5. The molecule has 0 unspecified atom stereocenters. The maximum Gasteiger partial charge on any atom is 0.272 e. The third kappa shape index (κ3) is 3.74. The highest BCUT2D eigenvalue weighted by atomic mass is 35.5. The van der Waals surface area contributed by atoms with E-state index in [2.05, 4.69) is 5.43 Å². The normalized spacial score (nSPS) is 10.9. The van der Waals surface area contributed by atoms with Gasteiger partial charge in [0.1, 0.15) is 5.88 Å². The summed E-state index contributed by atoms with van der Waals surface area (Å²) in [7, 11) is 0. The van der Waals surface area contributed by atoms with Crippen molar-refractivity contribution in [1.82, 2.24) is 10.4 Å². The van der Waals surface area contributed by atoms with Crippen molar-refractivity contribution in [2.24, 2.45) is 0 Å². The van der Waals surface area contributed by atoms with Crippen LogP contribution < -0.4 is 5.43 Å². The van der Waals surface area contributed by atoms with Gasteiger partial charge in [-0.3, -0.25) is 15.0 Å². The van der Waals surface area contributed by atoms with E-state index in [1.165, 1.54) is 5.01 Å². The summed E-state index contributed by atoms with van der Waals surface area (Å²) in [6.07, 6.45) is 0. The number of nitrogens with zero attached hydrogens (tertiary/aromatic N) is 1. The highest BCUT2D eigenvalue weighted by Gasteiger charge is 2.28. The monoisotopic (exact) mass is 268 g/mol. The second kappa shape index (κ2) is 5.87. The summed E-state index contributed by atoms with van der Waals surface area (Å²) in [4.78, 5) is 23.7. The van der Waals surface area contributed by atoms with Crippen LogP contribution in [0.15, 0.2) is 30.3 Å². The van der Waals surface area contributed by atoms with E-state index in [9.17, 15) is 9.59 Å². The summed E-state index contributed by atoms with van der Waals surface area (Å²) < 4.78 is 0. The van der Waals surface area contributed by atoms with Gasteiger partial charge in [0.25, 0.3) is 11.8 Å². The van der Waals surface area contributed by atoms with Gasteiger partial charge in [-0.15, -0.1) is 11.6 Å². The molecule has 0 saturated carbocycles. The summed E-state index contributed by atoms with van der Waals surface area (Å²) in [5.41, 5.74) is 2.50. The predicted molar refractivity (Wildman–Crippen MR) is 71.2 cm³/mol. The highest BCUT2D eigenvalue weighted by Crippen LogP contribution is 2.14. The van der Waals surface area contributed by atoms with E-state index in [0.29, 0.717) is 5.56 Å². The number of alkyl halides is 1. The molecule has 0 saturated heterocycles. The highest BCUT2D eigenvalue weighted by molar-refractivity contribution is 6.27. The third-order valence-corrected chi connectivity index (χ3v) is 2.50. The molecule has 0 aliphatic rings. The number of benzene rings is 1. The first-order valence-electron chi connectivity index (χ1n) is 5.61. The lowest BCUT2D eigenvalue weighted by Gasteiger charge is -2.35. The number of hydrogen-bond acceptors (Lipinski definition) is 2. The minimum absolute atomic E-state index is 0.186. The van der Waals surface area contributed by atoms with Crippen LogP contribution in [0.25, 0.3) is 0 Å². The second-order valence-corrected chi connectivity index (χ2v) is 5.11. The average molecular weight is 269 g/mol. The zero-order valence-electron chi connectivity index (χ0n) is 10.7. The van der Waals surface area contributed by atoms with Crippen LogP contribution in [0, 0.1) is 0 Å². The van der Waals surface area contributed by atoms with E-state index >= 15 is 0 Å². The molecule has 0 spiro atoms. The molecule has 0 aliphatic carbocycles. The quantitative estimate of drug-likeness (QED) is 0.660. The van der Waals surface area contributed by atoms with Crippen molar-refractivity contribution in [1.29, 1.82) is 0 Å². The van der Waals surface area contributed by atoms with Crippen LogP contribution in [-0.4, -0.2) is 28.2 Å². The molecule has 0 fully saturated rings. The fraction of sp³-hybridized carbons (Fsp3) is 0.385. The SMILES string of the molecule is CC(C)(C)N(NC(=O)CCl)C(=O)c1ccccc1. The van der Waals surface area contributed by atoms with Crippen molar-refractivity contribution in [2.45, 2.75) is 26.3 Å². The van der Waals surface area contributed by atoms with Crippen molar-refractivity contribution in [2.75, 3.05) is 5.88 Å². The second-order valence-electron chi connectivity index (χ2n) is 4.85. The number of rotatable bonds is 2. The van der Waals surface area contributed by atoms with Crippen LogP contribution in [-0.2, 0) is 4.79 Å². The minimum atomic E-state index is -0.533. The molecule has 1 N–H and O–H groups in total. The number of hydrazine groups is 1. The van der Waals surface area contributed by atoms with Crippen LogP contribution in [0.2, 0.25) is 0 Å². The Morgan fingerprint density at radius 1 is 1.22 bits per heavy atom. The molecule has 98 valence electrons. The van der Waals surface area contributed by atoms with E-state index in [1.54, 1.807) is 24.3 Å². The molecule has 1 rings (SSSR count). The van der Waals surface area contributed by atoms with E-state index in [1.807, 2.05) is 26.8 Å². The molecule has 0 aromatic heterocycles. The van der Waals surface area contributed by atoms with Crippen molar-refractivity contribution < 1.29 is 9.59 Å². The van der Waals surface area contributed by atoms with Gasteiger partial charge in [-0.25, -0.2) is 5.01 Å². The zero-order chi connectivity index (χ0) is 13.8. The largest absolute Gasteiger partial charge is 0.272 e.